The molecule has 0 aromatic carbocycles. The smallest absolute Gasteiger partial charge is 0.315 e. The Labute approximate surface area is 113 Å². The molecule has 0 aromatic heterocycles. The molecule has 1 aliphatic heterocycles. The van der Waals surface area contributed by atoms with Crippen molar-refractivity contribution in [2.75, 3.05) is 19.6 Å². The first-order chi connectivity index (χ1) is 8.73. The summed E-state index contributed by atoms with van der Waals surface area (Å²) in [6.45, 7) is 8.20. The Hall–Kier alpha value is -1.59. The van der Waals surface area contributed by atoms with Crippen LogP contribution in [-0.2, 0) is 14.4 Å². The van der Waals surface area contributed by atoms with E-state index in [2.05, 4.69) is 0 Å². The van der Waals surface area contributed by atoms with E-state index in [0.717, 1.165) is 6.42 Å². The van der Waals surface area contributed by atoms with Gasteiger partial charge in [0.25, 0.3) is 0 Å². The average molecular weight is 270 g/mol. The van der Waals surface area contributed by atoms with Gasteiger partial charge >= 0.3 is 5.97 Å². The van der Waals surface area contributed by atoms with E-state index in [1.807, 2.05) is 6.92 Å². The number of aliphatic carboxylic acids is 1. The minimum Gasteiger partial charge on any atom is -0.481 e. The molecule has 0 aliphatic carbocycles. The standard InChI is InChI=1S/C13H22N2O4/c1-5-6-14-7-8-15(13(3,4)12(14)19)10(16)9(2)11(17)18/h9H,5-8H2,1-4H3,(H,17,18). The Morgan fingerprint density at radius 1 is 1.37 bits per heavy atom. The Bertz CT molecular complexity index is 392. The van der Waals surface area contributed by atoms with E-state index in [1.54, 1.807) is 18.7 Å². The summed E-state index contributed by atoms with van der Waals surface area (Å²) in [6, 6.07) is 0. The highest BCUT2D eigenvalue weighted by Gasteiger charge is 2.45. The third-order valence-corrected chi connectivity index (χ3v) is 3.58. The van der Waals surface area contributed by atoms with E-state index < -0.39 is 23.3 Å². The van der Waals surface area contributed by atoms with Crippen molar-refractivity contribution in [2.45, 2.75) is 39.7 Å². The van der Waals surface area contributed by atoms with Crippen molar-refractivity contribution in [3.63, 3.8) is 0 Å². The lowest BCUT2D eigenvalue weighted by Gasteiger charge is -2.46. The first kappa shape index (κ1) is 15.5. The van der Waals surface area contributed by atoms with E-state index in [-0.39, 0.29) is 5.91 Å². The van der Waals surface area contributed by atoms with E-state index in [9.17, 15) is 14.4 Å². The minimum absolute atomic E-state index is 0.119. The number of nitrogens with zero attached hydrogens (tertiary/aromatic N) is 2. The van der Waals surface area contributed by atoms with Crippen molar-refractivity contribution in [3.05, 3.63) is 0 Å². The van der Waals surface area contributed by atoms with Gasteiger partial charge in [-0.05, 0) is 27.2 Å². The van der Waals surface area contributed by atoms with Crippen LogP contribution in [0.25, 0.3) is 0 Å². The first-order valence-electron chi connectivity index (χ1n) is 6.57. The molecule has 1 rings (SSSR count). The summed E-state index contributed by atoms with van der Waals surface area (Å²) in [5.74, 6) is -2.90. The number of hydrogen-bond acceptors (Lipinski definition) is 3. The highest BCUT2D eigenvalue weighted by molar-refractivity contribution is 6.00. The maximum Gasteiger partial charge on any atom is 0.315 e. The van der Waals surface area contributed by atoms with Crippen molar-refractivity contribution in [2.24, 2.45) is 5.92 Å². The lowest BCUT2D eigenvalue weighted by atomic mass is 9.95. The lowest BCUT2D eigenvalue weighted by molar-refractivity contribution is -0.164. The Morgan fingerprint density at radius 2 is 1.95 bits per heavy atom. The van der Waals surface area contributed by atoms with Gasteiger partial charge < -0.3 is 14.9 Å². The van der Waals surface area contributed by atoms with E-state index in [1.165, 1.54) is 11.8 Å². The van der Waals surface area contributed by atoms with Crippen LogP contribution in [0.1, 0.15) is 34.1 Å². The molecule has 6 heteroatoms. The third-order valence-electron chi connectivity index (χ3n) is 3.58. The molecular formula is C13H22N2O4. The van der Waals surface area contributed by atoms with E-state index in [4.69, 9.17) is 5.11 Å². The molecule has 6 nitrogen and oxygen atoms in total. The normalized spacial score (nSPS) is 20.3. The van der Waals surface area contributed by atoms with Crippen LogP contribution in [0.2, 0.25) is 0 Å². The number of carboxylic acid groups (broad SMARTS) is 1. The van der Waals surface area contributed by atoms with Crippen LogP contribution in [0, 0.1) is 5.92 Å². The monoisotopic (exact) mass is 270 g/mol. The second kappa shape index (κ2) is 5.59. The third kappa shape index (κ3) is 2.88. The molecular weight excluding hydrogens is 248 g/mol. The topological polar surface area (TPSA) is 77.9 Å². The number of carbonyl (C=O) groups is 3. The van der Waals surface area contributed by atoms with Crippen molar-refractivity contribution < 1.29 is 19.5 Å². The van der Waals surface area contributed by atoms with Crippen LogP contribution in [0.4, 0.5) is 0 Å². The van der Waals surface area contributed by atoms with Crippen LogP contribution in [0.15, 0.2) is 0 Å². The molecule has 1 unspecified atom stereocenters. The molecule has 1 aliphatic rings. The van der Waals surface area contributed by atoms with Gasteiger partial charge in [0.15, 0.2) is 0 Å². The van der Waals surface area contributed by atoms with Crippen LogP contribution in [0.3, 0.4) is 0 Å². The molecule has 0 saturated carbocycles. The molecule has 0 spiro atoms. The Balaban J connectivity index is 2.91. The quantitative estimate of drug-likeness (QED) is 0.757. The SMILES string of the molecule is CCCN1CCN(C(=O)C(C)C(=O)O)C(C)(C)C1=O. The summed E-state index contributed by atoms with van der Waals surface area (Å²) >= 11 is 0. The number of rotatable bonds is 4. The summed E-state index contributed by atoms with van der Waals surface area (Å²) in [5, 5.41) is 8.91. The fraction of sp³-hybridized carbons (Fsp3) is 0.769. The largest absolute Gasteiger partial charge is 0.481 e. The van der Waals surface area contributed by atoms with Gasteiger partial charge in [0, 0.05) is 19.6 Å². The van der Waals surface area contributed by atoms with Crippen molar-refractivity contribution in [1.29, 1.82) is 0 Å². The van der Waals surface area contributed by atoms with Gasteiger partial charge in [-0.15, -0.1) is 0 Å². The molecule has 1 atom stereocenters. The van der Waals surface area contributed by atoms with Gasteiger partial charge in [0.05, 0.1) is 0 Å². The van der Waals surface area contributed by atoms with Gasteiger partial charge in [-0.2, -0.15) is 0 Å². The zero-order valence-electron chi connectivity index (χ0n) is 12.0. The molecule has 1 saturated heterocycles. The van der Waals surface area contributed by atoms with Crippen LogP contribution in [0.5, 0.6) is 0 Å². The summed E-state index contributed by atoms with van der Waals surface area (Å²) in [5.41, 5.74) is -0.978. The van der Waals surface area contributed by atoms with E-state index in [0.29, 0.717) is 19.6 Å². The van der Waals surface area contributed by atoms with E-state index >= 15 is 0 Å². The van der Waals surface area contributed by atoms with Gasteiger partial charge in [-0.25, -0.2) is 0 Å². The summed E-state index contributed by atoms with van der Waals surface area (Å²) in [7, 11) is 0. The highest BCUT2D eigenvalue weighted by atomic mass is 16.4. The number of amides is 2. The lowest BCUT2D eigenvalue weighted by Crippen LogP contribution is -2.65. The number of piperazine rings is 1. The number of carbonyl (C=O) groups excluding carboxylic acids is 2. The minimum atomic E-state index is -1.16. The van der Waals surface area contributed by atoms with Crippen LogP contribution in [-0.4, -0.2) is 57.9 Å². The maximum atomic E-state index is 12.3. The molecule has 0 bridgehead atoms. The van der Waals surface area contributed by atoms with Gasteiger partial charge in [0.2, 0.25) is 11.8 Å². The summed E-state index contributed by atoms with van der Waals surface area (Å²) < 4.78 is 0. The van der Waals surface area contributed by atoms with Crippen molar-refractivity contribution in [1.82, 2.24) is 9.80 Å². The summed E-state index contributed by atoms with van der Waals surface area (Å²) in [6.07, 6.45) is 0.862. The number of carboxylic acids is 1. The molecule has 1 heterocycles. The number of hydrogen-bond donors (Lipinski definition) is 1. The van der Waals surface area contributed by atoms with Crippen LogP contribution >= 0.6 is 0 Å². The second-order valence-electron chi connectivity index (χ2n) is 5.40. The zero-order valence-corrected chi connectivity index (χ0v) is 12.0. The molecule has 2 amide bonds. The predicted octanol–water partition coefficient (Wildman–Crippen LogP) is 0.566. The van der Waals surface area contributed by atoms with Gasteiger partial charge in [0.1, 0.15) is 11.5 Å². The first-order valence-corrected chi connectivity index (χ1v) is 6.57. The molecule has 0 aromatic rings. The second-order valence-corrected chi connectivity index (χ2v) is 5.40. The predicted molar refractivity (Wildman–Crippen MR) is 69.5 cm³/mol. The Morgan fingerprint density at radius 3 is 2.42 bits per heavy atom. The van der Waals surface area contributed by atoms with Gasteiger partial charge in [-0.1, -0.05) is 6.92 Å². The molecule has 0 radical (unpaired) electrons. The Kier molecular flexibility index (Phi) is 4.55. The maximum absolute atomic E-state index is 12.3. The fourth-order valence-electron chi connectivity index (χ4n) is 2.31. The zero-order chi connectivity index (χ0) is 14.8. The summed E-state index contributed by atoms with van der Waals surface area (Å²) in [4.78, 5) is 38.5. The van der Waals surface area contributed by atoms with Gasteiger partial charge in [-0.3, -0.25) is 14.4 Å². The van der Waals surface area contributed by atoms with Crippen LogP contribution < -0.4 is 0 Å². The molecule has 1 N–H and O–H groups in total. The fourth-order valence-corrected chi connectivity index (χ4v) is 2.31. The molecule has 1 fully saturated rings. The van der Waals surface area contributed by atoms with Crippen molar-refractivity contribution >= 4 is 17.8 Å². The van der Waals surface area contributed by atoms with Crippen molar-refractivity contribution in [3.8, 4) is 0 Å². The average Bonchev–Trinajstić information content (AvgIpc) is 2.33. The molecule has 108 valence electrons. The molecule has 19 heavy (non-hydrogen) atoms. The highest BCUT2D eigenvalue weighted by Crippen LogP contribution is 2.24.